The van der Waals surface area contributed by atoms with E-state index >= 15 is 0 Å². The lowest BCUT2D eigenvalue weighted by atomic mass is 10.3. The highest BCUT2D eigenvalue weighted by Gasteiger charge is 2.27. The first kappa shape index (κ1) is 16.6. The van der Waals surface area contributed by atoms with Crippen molar-refractivity contribution in [2.24, 2.45) is 0 Å². The summed E-state index contributed by atoms with van der Waals surface area (Å²) >= 11 is 1.02. The summed E-state index contributed by atoms with van der Waals surface area (Å²) in [5.41, 5.74) is 0.474. The molecule has 0 aliphatic carbocycles. The first-order valence-electron chi connectivity index (χ1n) is 5.70. The molecular formula is C11H16N2O5S2. The minimum absolute atomic E-state index is 0.0389. The Labute approximate surface area is 121 Å². The third kappa shape index (κ3) is 4.02. The molecule has 0 aromatic carbocycles. The number of hydrogen-bond acceptors (Lipinski definition) is 6. The van der Waals surface area contributed by atoms with E-state index in [1.165, 1.54) is 14.0 Å². The number of aryl methyl sites for hydroxylation is 1. The van der Waals surface area contributed by atoms with E-state index in [0.29, 0.717) is 5.56 Å². The Kier molecular flexibility index (Phi) is 5.66. The van der Waals surface area contributed by atoms with Crippen molar-refractivity contribution in [3.8, 4) is 0 Å². The molecule has 7 nitrogen and oxygen atoms in total. The zero-order chi connectivity index (χ0) is 15.3. The van der Waals surface area contributed by atoms with Gasteiger partial charge in [-0.25, -0.2) is 17.9 Å². The van der Waals surface area contributed by atoms with Gasteiger partial charge in [-0.05, 0) is 17.9 Å². The van der Waals surface area contributed by atoms with Gasteiger partial charge >= 0.3 is 5.97 Å². The standard InChI is InChI=1S/C11H16N2O5S2/c1-7-6-19-9(11(15)18-3)10(7)20(16,17)13-5-4-12-8(2)14/h6,13H,4-5H2,1-3H3,(H,12,14). The number of esters is 1. The van der Waals surface area contributed by atoms with Gasteiger partial charge in [0.15, 0.2) is 0 Å². The SMILES string of the molecule is COC(=O)c1scc(C)c1S(=O)(=O)NCCNC(C)=O. The monoisotopic (exact) mass is 320 g/mol. The van der Waals surface area contributed by atoms with Crippen molar-refractivity contribution >= 4 is 33.2 Å². The lowest BCUT2D eigenvalue weighted by molar-refractivity contribution is -0.118. The van der Waals surface area contributed by atoms with Crippen LogP contribution in [0.4, 0.5) is 0 Å². The molecule has 0 bridgehead atoms. The van der Waals surface area contributed by atoms with Crippen LogP contribution in [0.3, 0.4) is 0 Å². The summed E-state index contributed by atoms with van der Waals surface area (Å²) in [6, 6.07) is 0. The maximum absolute atomic E-state index is 12.2. The number of carbonyl (C=O) groups excluding carboxylic acids is 2. The molecule has 0 saturated carbocycles. The number of sulfonamides is 1. The number of amides is 1. The molecule has 1 amide bonds. The number of rotatable bonds is 6. The molecule has 0 aliphatic heterocycles. The first-order chi connectivity index (χ1) is 9.29. The summed E-state index contributed by atoms with van der Waals surface area (Å²) in [6.07, 6.45) is 0. The van der Waals surface area contributed by atoms with Crippen LogP contribution in [-0.2, 0) is 19.6 Å². The van der Waals surface area contributed by atoms with Crippen molar-refractivity contribution in [2.45, 2.75) is 18.7 Å². The molecule has 112 valence electrons. The molecule has 0 radical (unpaired) electrons. The topological polar surface area (TPSA) is 102 Å². The predicted octanol–water partition coefficient (Wildman–Crippen LogP) is 0.258. The number of thiophene rings is 1. The summed E-state index contributed by atoms with van der Waals surface area (Å²) in [5, 5.41) is 4.05. The van der Waals surface area contributed by atoms with E-state index < -0.39 is 16.0 Å². The minimum Gasteiger partial charge on any atom is -0.465 e. The van der Waals surface area contributed by atoms with Gasteiger partial charge in [-0.3, -0.25) is 4.79 Å². The van der Waals surface area contributed by atoms with Crippen LogP contribution in [0.1, 0.15) is 22.2 Å². The third-order valence-corrected chi connectivity index (χ3v) is 5.20. The number of methoxy groups -OCH3 is 1. The van der Waals surface area contributed by atoms with Crippen LogP contribution in [0, 0.1) is 6.92 Å². The number of carbonyl (C=O) groups is 2. The maximum atomic E-state index is 12.2. The van der Waals surface area contributed by atoms with Crippen LogP contribution < -0.4 is 10.0 Å². The molecule has 1 aromatic rings. The van der Waals surface area contributed by atoms with Gasteiger partial charge < -0.3 is 10.1 Å². The van der Waals surface area contributed by atoms with Gasteiger partial charge in [0.25, 0.3) is 0 Å². The van der Waals surface area contributed by atoms with E-state index in [4.69, 9.17) is 0 Å². The van der Waals surface area contributed by atoms with E-state index in [2.05, 4.69) is 14.8 Å². The fourth-order valence-corrected chi connectivity index (χ4v) is 4.23. The van der Waals surface area contributed by atoms with E-state index in [-0.39, 0.29) is 28.8 Å². The quantitative estimate of drug-likeness (QED) is 0.578. The van der Waals surface area contributed by atoms with E-state index in [0.717, 1.165) is 11.3 Å². The van der Waals surface area contributed by atoms with Crippen LogP contribution in [-0.4, -0.2) is 40.5 Å². The van der Waals surface area contributed by atoms with E-state index in [9.17, 15) is 18.0 Å². The molecule has 20 heavy (non-hydrogen) atoms. The average molecular weight is 320 g/mol. The van der Waals surface area contributed by atoms with Crippen molar-refractivity contribution < 1.29 is 22.7 Å². The van der Waals surface area contributed by atoms with Gasteiger partial charge in [0, 0.05) is 20.0 Å². The number of ether oxygens (including phenoxy) is 1. The van der Waals surface area contributed by atoms with Gasteiger partial charge in [0.2, 0.25) is 15.9 Å². The van der Waals surface area contributed by atoms with Crippen molar-refractivity contribution in [2.75, 3.05) is 20.2 Å². The lowest BCUT2D eigenvalue weighted by Gasteiger charge is -2.08. The highest BCUT2D eigenvalue weighted by molar-refractivity contribution is 7.89. The molecule has 0 atom stereocenters. The zero-order valence-corrected chi connectivity index (χ0v) is 13.0. The Bertz CT molecular complexity index is 606. The Hall–Kier alpha value is -1.45. The van der Waals surface area contributed by atoms with Crippen molar-refractivity contribution in [1.29, 1.82) is 0 Å². The van der Waals surface area contributed by atoms with Gasteiger partial charge in [0.05, 0.1) is 7.11 Å². The van der Waals surface area contributed by atoms with Crippen molar-refractivity contribution in [3.63, 3.8) is 0 Å². The highest BCUT2D eigenvalue weighted by Crippen LogP contribution is 2.27. The molecular weight excluding hydrogens is 304 g/mol. The molecule has 0 spiro atoms. The highest BCUT2D eigenvalue weighted by atomic mass is 32.2. The largest absolute Gasteiger partial charge is 0.465 e. The fourth-order valence-electron chi connectivity index (χ4n) is 1.50. The average Bonchev–Trinajstić information content (AvgIpc) is 2.76. The molecule has 1 aromatic heterocycles. The molecule has 0 saturated heterocycles. The van der Waals surface area contributed by atoms with Gasteiger partial charge in [-0.15, -0.1) is 11.3 Å². The Morgan fingerprint density at radius 3 is 2.55 bits per heavy atom. The van der Waals surface area contributed by atoms with E-state index in [1.54, 1.807) is 12.3 Å². The Morgan fingerprint density at radius 2 is 2.00 bits per heavy atom. The normalized spacial score (nSPS) is 11.2. The number of hydrogen-bond donors (Lipinski definition) is 2. The van der Waals surface area contributed by atoms with E-state index in [1.807, 2.05) is 0 Å². The molecule has 1 rings (SSSR count). The predicted molar refractivity (Wildman–Crippen MR) is 74.3 cm³/mol. The molecule has 2 N–H and O–H groups in total. The van der Waals surface area contributed by atoms with Crippen LogP contribution in [0.5, 0.6) is 0 Å². The fraction of sp³-hybridized carbons (Fsp3) is 0.455. The Balaban J connectivity index is 2.90. The zero-order valence-electron chi connectivity index (χ0n) is 11.3. The molecule has 0 aliphatic rings. The molecule has 9 heteroatoms. The Morgan fingerprint density at radius 1 is 1.35 bits per heavy atom. The van der Waals surface area contributed by atoms with Crippen LogP contribution in [0.25, 0.3) is 0 Å². The summed E-state index contributed by atoms with van der Waals surface area (Å²) in [7, 11) is -2.63. The molecule has 0 unspecified atom stereocenters. The van der Waals surface area contributed by atoms with Crippen LogP contribution in [0.15, 0.2) is 10.3 Å². The maximum Gasteiger partial charge on any atom is 0.349 e. The summed E-state index contributed by atoms with van der Waals surface area (Å²) in [5.74, 6) is -0.934. The molecule has 0 fully saturated rings. The van der Waals surface area contributed by atoms with Crippen LogP contribution in [0.2, 0.25) is 0 Å². The summed E-state index contributed by atoms with van der Waals surface area (Å²) in [6.45, 7) is 3.15. The second kappa shape index (κ2) is 6.82. The summed E-state index contributed by atoms with van der Waals surface area (Å²) in [4.78, 5) is 22.2. The van der Waals surface area contributed by atoms with Gasteiger partial charge in [-0.2, -0.15) is 0 Å². The van der Waals surface area contributed by atoms with Crippen LogP contribution >= 0.6 is 11.3 Å². The smallest absolute Gasteiger partial charge is 0.349 e. The van der Waals surface area contributed by atoms with Crippen molar-refractivity contribution in [3.05, 3.63) is 15.8 Å². The van der Waals surface area contributed by atoms with Gasteiger partial charge in [0.1, 0.15) is 9.77 Å². The van der Waals surface area contributed by atoms with Gasteiger partial charge in [-0.1, -0.05) is 0 Å². The van der Waals surface area contributed by atoms with Crippen molar-refractivity contribution in [1.82, 2.24) is 10.0 Å². The molecule has 1 heterocycles. The summed E-state index contributed by atoms with van der Waals surface area (Å²) < 4.78 is 31.2. The third-order valence-electron chi connectivity index (χ3n) is 2.35. The second-order valence-corrected chi connectivity index (χ2v) is 6.53. The minimum atomic E-state index is -3.82. The number of nitrogens with one attached hydrogen (secondary N) is 2. The first-order valence-corrected chi connectivity index (χ1v) is 8.06. The second-order valence-electron chi connectivity index (χ2n) is 3.95. The lowest BCUT2D eigenvalue weighted by Crippen LogP contribution is -2.34.